The van der Waals surface area contributed by atoms with Crippen LogP contribution in [0.5, 0.6) is 0 Å². The number of carbonyl (C=O) groups excluding carboxylic acids is 2. The Morgan fingerprint density at radius 3 is 2.65 bits per heavy atom. The third-order valence-electron chi connectivity index (χ3n) is 3.01. The number of para-hydroxylation sites is 1. The Kier molecular flexibility index (Phi) is 5.34. The maximum absolute atomic E-state index is 12.1. The average Bonchev–Trinajstić information content (AvgIpc) is 2.56. The first-order valence-electron chi connectivity index (χ1n) is 6.78. The summed E-state index contributed by atoms with van der Waals surface area (Å²) in [5.74, 6) is -1.17. The lowest BCUT2D eigenvalue weighted by Crippen LogP contribution is -2.30. The fraction of sp³-hybridized carbons (Fsp3) is 0.118. The first-order chi connectivity index (χ1) is 11.0. The second-order valence-corrected chi connectivity index (χ2v) is 5.12. The first-order valence-corrected chi connectivity index (χ1v) is 7.15. The number of carbonyl (C=O) groups is 2. The number of nitriles is 1. The van der Waals surface area contributed by atoms with E-state index in [9.17, 15) is 9.59 Å². The van der Waals surface area contributed by atoms with E-state index < -0.39 is 18.0 Å². The second kappa shape index (κ2) is 7.43. The molecule has 0 aliphatic heterocycles. The van der Waals surface area contributed by atoms with Crippen LogP contribution in [-0.4, -0.2) is 18.0 Å². The van der Waals surface area contributed by atoms with Crippen molar-refractivity contribution in [2.45, 2.75) is 13.0 Å². The van der Waals surface area contributed by atoms with Crippen molar-refractivity contribution in [3.63, 3.8) is 0 Å². The molecule has 0 saturated heterocycles. The Hall–Kier alpha value is -2.84. The van der Waals surface area contributed by atoms with Gasteiger partial charge in [0.1, 0.15) is 0 Å². The minimum Gasteiger partial charge on any atom is -0.449 e. The standard InChI is InChI=1S/C17H13ClN2O3/c1-11(16(21)20-15-8-3-2-7-14(15)18)23-17(22)13-6-4-5-12(9-13)10-19/h2-9,11H,1H3,(H,20,21)/t11-/m0/s1. The number of hydrogen-bond donors (Lipinski definition) is 1. The quantitative estimate of drug-likeness (QED) is 0.872. The molecule has 23 heavy (non-hydrogen) atoms. The van der Waals surface area contributed by atoms with Crippen LogP contribution in [0.15, 0.2) is 48.5 Å². The van der Waals surface area contributed by atoms with Crippen LogP contribution < -0.4 is 5.32 Å². The third kappa shape index (κ3) is 4.31. The molecule has 1 amide bonds. The molecule has 0 bridgehead atoms. The highest BCUT2D eigenvalue weighted by Gasteiger charge is 2.19. The van der Waals surface area contributed by atoms with Gasteiger partial charge in [-0.1, -0.05) is 29.8 Å². The van der Waals surface area contributed by atoms with Gasteiger partial charge >= 0.3 is 5.97 Å². The van der Waals surface area contributed by atoms with Gasteiger partial charge < -0.3 is 10.1 Å². The maximum atomic E-state index is 12.1. The van der Waals surface area contributed by atoms with Crippen molar-refractivity contribution in [1.82, 2.24) is 0 Å². The Bertz CT molecular complexity index is 783. The molecule has 1 atom stereocenters. The van der Waals surface area contributed by atoms with Crippen molar-refractivity contribution in [1.29, 1.82) is 5.26 Å². The summed E-state index contributed by atoms with van der Waals surface area (Å²) < 4.78 is 5.11. The number of halogens is 1. The molecule has 2 aromatic rings. The summed E-state index contributed by atoms with van der Waals surface area (Å²) in [6.07, 6.45) is -1.01. The molecule has 6 heteroatoms. The summed E-state index contributed by atoms with van der Waals surface area (Å²) in [4.78, 5) is 24.1. The molecule has 2 aromatic carbocycles. The van der Waals surface area contributed by atoms with E-state index in [1.807, 2.05) is 6.07 Å². The summed E-state index contributed by atoms with van der Waals surface area (Å²) in [5, 5.41) is 11.8. The summed E-state index contributed by atoms with van der Waals surface area (Å²) in [7, 11) is 0. The summed E-state index contributed by atoms with van der Waals surface area (Å²) in [6.45, 7) is 1.46. The number of esters is 1. The van der Waals surface area contributed by atoms with Gasteiger partial charge in [0.25, 0.3) is 5.91 Å². The third-order valence-corrected chi connectivity index (χ3v) is 3.34. The molecule has 1 N–H and O–H groups in total. The van der Waals surface area contributed by atoms with E-state index in [1.165, 1.54) is 19.1 Å². The van der Waals surface area contributed by atoms with Crippen molar-refractivity contribution in [3.8, 4) is 6.07 Å². The normalized spacial score (nSPS) is 11.2. The van der Waals surface area contributed by atoms with Gasteiger partial charge in [-0.25, -0.2) is 4.79 Å². The summed E-state index contributed by atoms with van der Waals surface area (Å²) in [5.41, 5.74) is 0.989. The Morgan fingerprint density at radius 1 is 1.22 bits per heavy atom. The highest BCUT2D eigenvalue weighted by molar-refractivity contribution is 6.33. The predicted octanol–water partition coefficient (Wildman–Crippen LogP) is 3.40. The van der Waals surface area contributed by atoms with Crippen LogP contribution in [0.4, 0.5) is 5.69 Å². The molecular weight excluding hydrogens is 316 g/mol. The number of nitrogens with one attached hydrogen (secondary N) is 1. The molecule has 116 valence electrons. The van der Waals surface area contributed by atoms with E-state index in [0.29, 0.717) is 16.3 Å². The molecule has 0 spiro atoms. The molecule has 0 heterocycles. The van der Waals surface area contributed by atoms with Crippen molar-refractivity contribution >= 4 is 29.2 Å². The molecule has 0 aromatic heterocycles. The van der Waals surface area contributed by atoms with Gasteiger partial charge in [-0.15, -0.1) is 0 Å². The van der Waals surface area contributed by atoms with E-state index in [2.05, 4.69) is 5.32 Å². The van der Waals surface area contributed by atoms with Crippen molar-refractivity contribution < 1.29 is 14.3 Å². The van der Waals surface area contributed by atoms with Crippen molar-refractivity contribution in [2.24, 2.45) is 0 Å². The number of ether oxygens (including phenoxy) is 1. The summed E-state index contributed by atoms with van der Waals surface area (Å²) in [6, 6.07) is 14.8. The number of anilines is 1. The lowest BCUT2D eigenvalue weighted by Gasteiger charge is -2.14. The van der Waals surface area contributed by atoms with Gasteiger partial charge in [0.2, 0.25) is 0 Å². The zero-order valence-electron chi connectivity index (χ0n) is 12.2. The van der Waals surface area contributed by atoms with Crippen LogP contribution in [0.2, 0.25) is 5.02 Å². The van der Waals surface area contributed by atoms with E-state index in [1.54, 1.807) is 36.4 Å². The fourth-order valence-electron chi connectivity index (χ4n) is 1.79. The number of benzene rings is 2. The van der Waals surface area contributed by atoms with Crippen LogP contribution in [0, 0.1) is 11.3 Å². The Balaban J connectivity index is 2.02. The number of rotatable bonds is 4. The topological polar surface area (TPSA) is 79.2 Å². The highest BCUT2D eigenvalue weighted by atomic mass is 35.5. The van der Waals surface area contributed by atoms with Gasteiger partial charge in [-0.05, 0) is 37.3 Å². The number of amides is 1. The molecule has 2 rings (SSSR count). The number of hydrogen-bond acceptors (Lipinski definition) is 4. The number of nitrogens with zero attached hydrogens (tertiary/aromatic N) is 1. The van der Waals surface area contributed by atoms with E-state index in [0.717, 1.165) is 0 Å². The first kappa shape index (κ1) is 16.5. The smallest absolute Gasteiger partial charge is 0.338 e. The van der Waals surface area contributed by atoms with Gasteiger partial charge in [0.05, 0.1) is 27.9 Å². The van der Waals surface area contributed by atoms with Gasteiger partial charge in [0.15, 0.2) is 6.10 Å². The van der Waals surface area contributed by atoms with Crippen molar-refractivity contribution in [3.05, 3.63) is 64.7 Å². The van der Waals surface area contributed by atoms with Gasteiger partial charge in [-0.2, -0.15) is 5.26 Å². The zero-order chi connectivity index (χ0) is 16.8. The highest BCUT2D eigenvalue weighted by Crippen LogP contribution is 2.20. The molecule has 0 radical (unpaired) electrons. The minimum atomic E-state index is -1.01. The van der Waals surface area contributed by atoms with Crippen LogP contribution in [0.1, 0.15) is 22.8 Å². The SMILES string of the molecule is C[C@H](OC(=O)c1cccc(C#N)c1)C(=O)Nc1ccccc1Cl. The van der Waals surface area contributed by atoms with Crippen LogP contribution >= 0.6 is 11.6 Å². The molecule has 0 aliphatic carbocycles. The molecule has 0 aliphatic rings. The molecule has 0 unspecified atom stereocenters. The van der Waals surface area contributed by atoms with Crippen molar-refractivity contribution in [2.75, 3.05) is 5.32 Å². The lowest BCUT2D eigenvalue weighted by atomic mass is 10.1. The zero-order valence-corrected chi connectivity index (χ0v) is 13.0. The van der Waals surface area contributed by atoms with E-state index in [4.69, 9.17) is 21.6 Å². The predicted molar refractivity (Wildman–Crippen MR) is 86.1 cm³/mol. The second-order valence-electron chi connectivity index (χ2n) is 4.71. The monoisotopic (exact) mass is 328 g/mol. The van der Waals surface area contributed by atoms with Gasteiger partial charge in [-0.3, -0.25) is 4.79 Å². The molecule has 0 saturated carbocycles. The Morgan fingerprint density at radius 2 is 1.96 bits per heavy atom. The average molecular weight is 329 g/mol. The molecular formula is C17H13ClN2O3. The summed E-state index contributed by atoms with van der Waals surface area (Å²) >= 11 is 5.95. The minimum absolute atomic E-state index is 0.210. The van der Waals surface area contributed by atoms with E-state index >= 15 is 0 Å². The largest absolute Gasteiger partial charge is 0.449 e. The molecule has 5 nitrogen and oxygen atoms in total. The van der Waals surface area contributed by atoms with E-state index in [-0.39, 0.29) is 5.56 Å². The lowest BCUT2D eigenvalue weighted by molar-refractivity contribution is -0.123. The van der Waals surface area contributed by atoms with Crippen LogP contribution in [0.3, 0.4) is 0 Å². The molecule has 0 fully saturated rings. The van der Waals surface area contributed by atoms with Crippen LogP contribution in [-0.2, 0) is 9.53 Å². The van der Waals surface area contributed by atoms with Crippen LogP contribution in [0.25, 0.3) is 0 Å². The van der Waals surface area contributed by atoms with Gasteiger partial charge in [0, 0.05) is 0 Å². The fourth-order valence-corrected chi connectivity index (χ4v) is 1.98. The Labute approximate surface area is 138 Å². The maximum Gasteiger partial charge on any atom is 0.338 e.